The Kier molecular flexibility index (Phi) is 19.8. The zero-order chi connectivity index (χ0) is 23.9. The zero-order valence-corrected chi connectivity index (χ0v) is 22.9. The van der Waals surface area contributed by atoms with Crippen LogP contribution >= 0.6 is 0 Å². The van der Waals surface area contributed by atoms with Crippen LogP contribution < -0.4 is 5.32 Å². The van der Waals surface area contributed by atoms with E-state index in [2.05, 4.69) is 56.4 Å². The van der Waals surface area contributed by atoms with Crippen molar-refractivity contribution in [3.05, 3.63) is 35.9 Å². The predicted molar refractivity (Wildman–Crippen MR) is 149 cm³/mol. The van der Waals surface area contributed by atoms with Gasteiger partial charge in [-0.3, -0.25) is 0 Å². The number of nitrogens with one attached hydrogen (secondary N) is 1. The first kappa shape index (κ1) is 30.2. The van der Waals surface area contributed by atoms with Gasteiger partial charge in [0.15, 0.2) is 0 Å². The van der Waals surface area contributed by atoms with E-state index in [-0.39, 0.29) is 0 Å². The molecule has 0 unspecified atom stereocenters. The monoisotopic (exact) mass is 459 g/mol. The molecule has 1 rings (SSSR count). The largest absolute Gasteiger partial charge is 0.319 e. The first-order valence-corrected chi connectivity index (χ1v) is 14.9. The van der Waals surface area contributed by atoms with Crippen molar-refractivity contribution in [2.45, 2.75) is 130 Å². The molecule has 1 aromatic rings. The van der Waals surface area contributed by atoms with Crippen LogP contribution in [-0.2, 0) is 6.54 Å². The molecule has 0 aliphatic rings. The molecule has 0 aliphatic carbocycles. The number of likely N-dealkylation sites (N-methyl/N-ethyl adjacent to an activating group) is 1. The molecular formula is C31H59N2+. The van der Waals surface area contributed by atoms with Crippen molar-refractivity contribution in [3.63, 3.8) is 0 Å². The Morgan fingerprint density at radius 1 is 0.545 bits per heavy atom. The van der Waals surface area contributed by atoms with E-state index in [9.17, 15) is 0 Å². The zero-order valence-electron chi connectivity index (χ0n) is 22.9. The molecule has 0 saturated carbocycles. The summed E-state index contributed by atoms with van der Waals surface area (Å²) in [5.74, 6) is 0. The summed E-state index contributed by atoms with van der Waals surface area (Å²) < 4.78 is 1.19. The number of nitrogens with zero attached hydrogens (tertiary/aromatic N) is 1. The van der Waals surface area contributed by atoms with Gasteiger partial charge in [0.1, 0.15) is 6.54 Å². The van der Waals surface area contributed by atoms with E-state index in [1.807, 2.05) is 0 Å². The molecule has 0 aliphatic heterocycles. The Bertz CT molecular complexity index is 509. The Morgan fingerprint density at radius 2 is 1.00 bits per heavy atom. The highest BCUT2D eigenvalue weighted by Crippen LogP contribution is 2.15. The third-order valence-corrected chi connectivity index (χ3v) is 7.67. The van der Waals surface area contributed by atoms with Crippen molar-refractivity contribution >= 4 is 0 Å². The van der Waals surface area contributed by atoms with Crippen molar-refractivity contribution in [1.29, 1.82) is 0 Å². The van der Waals surface area contributed by atoms with E-state index in [0.29, 0.717) is 0 Å². The summed E-state index contributed by atoms with van der Waals surface area (Å²) in [4.78, 5) is 0. The Labute approximate surface area is 208 Å². The normalized spacial score (nSPS) is 11.8. The first-order valence-electron chi connectivity index (χ1n) is 14.9. The molecule has 0 bridgehead atoms. The van der Waals surface area contributed by atoms with Crippen LogP contribution in [-0.4, -0.2) is 37.2 Å². The van der Waals surface area contributed by atoms with Gasteiger partial charge in [-0.2, -0.15) is 0 Å². The fourth-order valence-electron chi connectivity index (χ4n) is 5.05. The number of quaternary nitrogens is 1. The van der Waals surface area contributed by atoms with Gasteiger partial charge >= 0.3 is 0 Å². The van der Waals surface area contributed by atoms with Gasteiger partial charge in [0, 0.05) is 12.1 Å². The number of rotatable bonds is 24. The van der Waals surface area contributed by atoms with Crippen molar-refractivity contribution < 1.29 is 4.48 Å². The molecule has 0 aromatic heterocycles. The van der Waals surface area contributed by atoms with Gasteiger partial charge in [0.25, 0.3) is 0 Å². The minimum atomic E-state index is 1.15. The number of hydrogen-bond acceptors (Lipinski definition) is 1. The molecule has 0 atom stereocenters. The molecule has 33 heavy (non-hydrogen) atoms. The maximum Gasteiger partial charge on any atom is 0.104 e. The van der Waals surface area contributed by atoms with Gasteiger partial charge in [-0.25, -0.2) is 0 Å². The molecule has 0 fully saturated rings. The maximum atomic E-state index is 3.73. The topological polar surface area (TPSA) is 12.0 Å². The average Bonchev–Trinajstić information content (AvgIpc) is 2.85. The van der Waals surface area contributed by atoms with E-state index in [1.165, 1.54) is 139 Å². The van der Waals surface area contributed by atoms with Gasteiger partial charge in [0.2, 0.25) is 0 Å². The van der Waals surface area contributed by atoms with Crippen molar-refractivity contribution in [3.8, 4) is 0 Å². The SMILES string of the molecule is CCCCCCCCCCCCCCCCCCNCC[N+](CC)(CC)Cc1ccccc1. The molecule has 0 heterocycles. The van der Waals surface area contributed by atoms with E-state index in [0.717, 1.165) is 13.1 Å². The summed E-state index contributed by atoms with van der Waals surface area (Å²) in [5.41, 5.74) is 1.47. The van der Waals surface area contributed by atoms with Crippen LogP contribution in [0.15, 0.2) is 30.3 Å². The van der Waals surface area contributed by atoms with Crippen molar-refractivity contribution in [1.82, 2.24) is 5.32 Å². The van der Waals surface area contributed by atoms with Gasteiger partial charge in [-0.05, 0) is 26.8 Å². The second-order valence-electron chi connectivity index (χ2n) is 10.4. The molecule has 2 heteroatoms. The second-order valence-corrected chi connectivity index (χ2v) is 10.4. The lowest BCUT2D eigenvalue weighted by Gasteiger charge is -2.37. The molecule has 2 nitrogen and oxygen atoms in total. The average molecular weight is 460 g/mol. The summed E-state index contributed by atoms with van der Waals surface area (Å²) in [7, 11) is 0. The Hall–Kier alpha value is -0.860. The van der Waals surface area contributed by atoms with E-state index >= 15 is 0 Å². The highest BCUT2D eigenvalue weighted by molar-refractivity contribution is 5.13. The lowest BCUT2D eigenvalue weighted by molar-refractivity contribution is -0.936. The molecule has 1 N–H and O–H groups in total. The number of hydrogen-bond donors (Lipinski definition) is 1. The van der Waals surface area contributed by atoms with Crippen LogP contribution in [0.4, 0.5) is 0 Å². The maximum absolute atomic E-state index is 3.73. The minimum absolute atomic E-state index is 1.15. The molecule has 0 saturated heterocycles. The van der Waals surface area contributed by atoms with Crippen LogP contribution in [0.3, 0.4) is 0 Å². The Balaban J connectivity index is 1.88. The molecule has 0 amide bonds. The lowest BCUT2D eigenvalue weighted by atomic mass is 10.0. The highest BCUT2D eigenvalue weighted by atomic mass is 15.3. The van der Waals surface area contributed by atoms with E-state index in [1.54, 1.807) is 0 Å². The summed E-state index contributed by atoms with van der Waals surface area (Å²) in [6.45, 7) is 14.2. The highest BCUT2D eigenvalue weighted by Gasteiger charge is 2.22. The summed E-state index contributed by atoms with van der Waals surface area (Å²) >= 11 is 0. The molecular weight excluding hydrogens is 400 g/mol. The number of benzene rings is 1. The van der Waals surface area contributed by atoms with Crippen molar-refractivity contribution in [2.24, 2.45) is 0 Å². The molecule has 1 aromatic carbocycles. The summed E-state index contributed by atoms with van der Waals surface area (Å²) in [5, 5.41) is 3.73. The third kappa shape index (κ3) is 16.4. The van der Waals surface area contributed by atoms with E-state index in [4.69, 9.17) is 0 Å². The van der Waals surface area contributed by atoms with Crippen LogP contribution in [0, 0.1) is 0 Å². The minimum Gasteiger partial charge on any atom is -0.319 e. The van der Waals surface area contributed by atoms with Gasteiger partial charge in [-0.1, -0.05) is 134 Å². The van der Waals surface area contributed by atoms with Crippen LogP contribution in [0.1, 0.15) is 129 Å². The molecule has 192 valence electrons. The van der Waals surface area contributed by atoms with Gasteiger partial charge in [0.05, 0.1) is 19.6 Å². The standard InChI is InChI=1S/C31H59N2/c1-4-7-8-9-10-11-12-13-14-15-16-17-18-19-20-24-27-32-28-29-33(5-2,6-3)30-31-25-22-21-23-26-31/h21-23,25-26,32H,4-20,24,27-30H2,1-3H3/q+1. The van der Waals surface area contributed by atoms with Crippen LogP contribution in [0.5, 0.6) is 0 Å². The summed E-state index contributed by atoms with van der Waals surface area (Å²) in [6, 6.07) is 11.0. The third-order valence-electron chi connectivity index (χ3n) is 7.67. The Morgan fingerprint density at radius 3 is 1.45 bits per heavy atom. The quantitative estimate of drug-likeness (QED) is 0.120. The lowest BCUT2D eigenvalue weighted by Crippen LogP contribution is -2.50. The van der Waals surface area contributed by atoms with Crippen LogP contribution in [0.25, 0.3) is 0 Å². The van der Waals surface area contributed by atoms with Gasteiger partial charge < -0.3 is 9.80 Å². The number of unbranched alkanes of at least 4 members (excludes halogenated alkanes) is 15. The fraction of sp³-hybridized carbons (Fsp3) is 0.806. The summed E-state index contributed by atoms with van der Waals surface area (Å²) in [6.07, 6.45) is 23.1. The predicted octanol–water partition coefficient (Wildman–Crippen LogP) is 8.89. The van der Waals surface area contributed by atoms with Crippen molar-refractivity contribution in [2.75, 3.05) is 32.7 Å². The molecule has 0 spiro atoms. The second kappa shape index (κ2) is 21.7. The molecule has 0 radical (unpaired) electrons. The smallest absolute Gasteiger partial charge is 0.104 e. The fourth-order valence-corrected chi connectivity index (χ4v) is 5.05. The first-order chi connectivity index (χ1) is 16.3. The van der Waals surface area contributed by atoms with Crippen LogP contribution in [0.2, 0.25) is 0 Å². The van der Waals surface area contributed by atoms with E-state index < -0.39 is 0 Å². The van der Waals surface area contributed by atoms with Gasteiger partial charge in [-0.15, -0.1) is 0 Å².